The number of hydrogen-bond acceptors (Lipinski definition) is 4. The van der Waals surface area contributed by atoms with Crippen LogP contribution in [0.4, 0.5) is 0 Å². The van der Waals surface area contributed by atoms with Crippen LogP contribution in [0.1, 0.15) is 11.1 Å². The Labute approximate surface area is 161 Å². The van der Waals surface area contributed by atoms with E-state index in [9.17, 15) is 23.2 Å². The van der Waals surface area contributed by atoms with Crippen LogP contribution in [0.5, 0.6) is 11.5 Å². The average molecular weight is 353 g/mol. The van der Waals surface area contributed by atoms with Crippen LogP contribution in [-0.2, 0) is 16.5 Å². The molecule has 0 fully saturated rings. The van der Waals surface area contributed by atoms with E-state index in [-0.39, 0.29) is 52.4 Å². The molecule has 0 aliphatic heterocycles. The second kappa shape index (κ2) is 7.13. The molecule has 0 amide bonds. The van der Waals surface area contributed by atoms with Gasteiger partial charge in [-0.05, 0) is 17.0 Å². The van der Waals surface area contributed by atoms with E-state index in [1.807, 2.05) is 0 Å². The number of hydrogen-bond donors (Lipinski definition) is 3. The predicted molar refractivity (Wildman–Crippen MR) is 92.1 cm³/mol. The molecular weight excluding hydrogens is 339 g/mol. The molecule has 0 aliphatic carbocycles. The third-order valence-corrected chi connectivity index (χ3v) is 4.62. The summed E-state index contributed by atoms with van der Waals surface area (Å²) in [5, 5.41) is 21.0. The molecule has 3 rings (SSSR count). The van der Waals surface area contributed by atoms with Crippen molar-refractivity contribution in [2.45, 2.75) is 11.3 Å². The molecule has 0 aliphatic rings. The second-order valence-corrected chi connectivity index (χ2v) is 6.59. The van der Waals surface area contributed by atoms with E-state index in [2.05, 4.69) is 0 Å². The molecule has 7 heteroatoms. The summed E-state index contributed by atoms with van der Waals surface area (Å²) < 4.78 is 32.4. The van der Waals surface area contributed by atoms with Crippen LogP contribution in [-0.4, -0.2) is 52.7 Å². The Morgan fingerprint density at radius 1 is 0.833 bits per heavy atom. The van der Waals surface area contributed by atoms with Crippen molar-refractivity contribution in [2.24, 2.45) is 0 Å². The molecule has 3 N–H and O–H groups in total. The largest absolute Gasteiger partial charge is 0.508 e. The van der Waals surface area contributed by atoms with Crippen LogP contribution in [0.25, 0.3) is 10.8 Å². The molecule has 1 radical (unpaired) electrons. The normalized spacial score (nSPS) is 11.2. The fourth-order valence-corrected chi connectivity index (χ4v) is 3.35. The maximum atomic E-state index is 11.5. The van der Waals surface area contributed by atoms with Crippen LogP contribution < -0.4 is 0 Å². The van der Waals surface area contributed by atoms with Gasteiger partial charge in [0.15, 0.2) is 0 Å². The monoisotopic (exact) mass is 353 g/mol. The van der Waals surface area contributed by atoms with E-state index >= 15 is 0 Å². The first kappa shape index (κ1) is 18.8. The van der Waals surface area contributed by atoms with Gasteiger partial charge in [-0.2, -0.15) is 8.42 Å². The molecule has 24 heavy (non-hydrogen) atoms. The van der Waals surface area contributed by atoms with Gasteiger partial charge in [-0.3, -0.25) is 4.55 Å². The standard InChI is InChI=1S/C17H14O5S.Na/c18-15-8-4-1-5-11(15)9-14-12-6-2-3-7-13(12)17(10-16(14)19)23(20,21)22;/h1-8,10,18-19H,9H2,(H,20,21,22);. The predicted octanol–water partition coefficient (Wildman–Crippen LogP) is 2.71. The van der Waals surface area contributed by atoms with Gasteiger partial charge in [0.1, 0.15) is 16.4 Å². The minimum absolute atomic E-state index is 0. The van der Waals surface area contributed by atoms with E-state index in [1.54, 1.807) is 48.5 Å². The molecule has 119 valence electrons. The summed E-state index contributed by atoms with van der Waals surface area (Å²) >= 11 is 0. The fraction of sp³-hybridized carbons (Fsp3) is 0.0588. The molecule has 0 spiro atoms. The Hall–Kier alpha value is -1.57. The van der Waals surface area contributed by atoms with Crippen molar-refractivity contribution in [2.75, 3.05) is 0 Å². The Balaban J connectivity index is 0.00000208. The van der Waals surface area contributed by atoms with Crippen LogP contribution in [0.3, 0.4) is 0 Å². The smallest absolute Gasteiger partial charge is 0.295 e. The van der Waals surface area contributed by atoms with E-state index in [0.717, 1.165) is 6.07 Å². The molecular formula is C17H14NaO5S. The first-order chi connectivity index (χ1) is 10.9. The minimum Gasteiger partial charge on any atom is -0.508 e. The first-order valence-corrected chi connectivity index (χ1v) is 8.30. The summed E-state index contributed by atoms with van der Waals surface area (Å²) in [6.07, 6.45) is 0.227. The summed E-state index contributed by atoms with van der Waals surface area (Å²) in [5.41, 5.74) is 1.09. The first-order valence-electron chi connectivity index (χ1n) is 6.86. The summed E-state index contributed by atoms with van der Waals surface area (Å²) in [6, 6.07) is 14.3. The zero-order chi connectivity index (χ0) is 16.6. The molecule has 5 nitrogen and oxygen atoms in total. The molecule has 0 bridgehead atoms. The van der Waals surface area contributed by atoms with Crippen molar-refractivity contribution in [3.8, 4) is 11.5 Å². The van der Waals surface area contributed by atoms with Crippen molar-refractivity contribution >= 4 is 50.4 Å². The number of rotatable bonds is 3. The van der Waals surface area contributed by atoms with Gasteiger partial charge < -0.3 is 10.2 Å². The molecule has 3 aromatic carbocycles. The van der Waals surface area contributed by atoms with E-state index in [4.69, 9.17) is 0 Å². The molecule has 0 saturated carbocycles. The topological polar surface area (TPSA) is 94.8 Å². The molecule has 0 saturated heterocycles. The second-order valence-electron chi connectivity index (χ2n) is 5.20. The number of phenolic OH excluding ortho intramolecular Hbond substituents is 2. The van der Waals surface area contributed by atoms with Crippen LogP contribution in [0.15, 0.2) is 59.5 Å². The Morgan fingerprint density at radius 3 is 2.04 bits per heavy atom. The van der Waals surface area contributed by atoms with Gasteiger partial charge in [0.25, 0.3) is 10.1 Å². The maximum absolute atomic E-state index is 11.5. The van der Waals surface area contributed by atoms with Gasteiger partial charge >= 0.3 is 0 Å². The van der Waals surface area contributed by atoms with E-state index in [1.165, 1.54) is 0 Å². The van der Waals surface area contributed by atoms with Gasteiger partial charge in [-0.25, -0.2) is 0 Å². The quantitative estimate of drug-likeness (QED) is 0.497. The van der Waals surface area contributed by atoms with Crippen molar-refractivity contribution in [1.29, 1.82) is 0 Å². The van der Waals surface area contributed by atoms with E-state index < -0.39 is 10.1 Å². The Bertz CT molecular complexity index is 999. The number of aromatic hydroxyl groups is 2. The molecule has 0 unspecified atom stereocenters. The van der Waals surface area contributed by atoms with Gasteiger partial charge in [-0.1, -0.05) is 42.5 Å². The maximum Gasteiger partial charge on any atom is 0.295 e. The minimum atomic E-state index is -4.46. The van der Waals surface area contributed by atoms with Crippen LogP contribution in [0.2, 0.25) is 0 Å². The zero-order valence-electron chi connectivity index (χ0n) is 13.0. The summed E-state index contributed by atoms with van der Waals surface area (Å²) in [7, 11) is -4.46. The summed E-state index contributed by atoms with van der Waals surface area (Å²) in [5.74, 6) is -0.158. The molecule has 0 aromatic heterocycles. The van der Waals surface area contributed by atoms with Gasteiger partial charge in [0.05, 0.1) is 0 Å². The molecule has 0 heterocycles. The average Bonchev–Trinajstić information content (AvgIpc) is 2.50. The van der Waals surface area contributed by atoms with E-state index in [0.29, 0.717) is 21.9 Å². The third-order valence-electron chi connectivity index (χ3n) is 3.73. The number of phenols is 2. The Kier molecular flexibility index (Phi) is 5.57. The fourth-order valence-electron chi connectivity index (χ4n) is 2.64. The van der Waals surface area contributed by atoms with Crippen molar-refractivity contribution in [1.82, 2.24) is 0 Å². The SMILES string of the molecule is O=S(=O)(O)c1cc(O)c(Cc2ccccc2O)c2ccccc12.[Na]. The van der Waals surface area contributed by atoms with Gasteiger partial charge in [-0.15, -0.1) is 0 Å². The molecule has 0 atom stereocenters. The van der Waals surface area contributed by atoms with Gasteiger partial charge in [0, 0.05) is 53.0 Å². The summed E-state index contributed by atoms with van der Waals surface area (Å²) in [4.78, 5) is -0.341. The Morgan fingerprint density at radius 2 is 1.42 bits per heavy atom. The van der Waals surface area contributed by atoms with Crippen LogP contribution >= 0.6 is 0 Å². The number of fused-ring (bicyclic) bond motifs is 1. The van der Waals surface area contributed by atoms with Crippen molar-refractivity contribution in [3.05, 3.63) is 65.7 Å². The zero-order valence-corrected chi connectivity index (χ0v) is 15.8. The van der Waals surface area contributed by atoms with Crippen LogP contribution in [0, 0.1) is 0 Å². The third kappa shape index (κ3) is 3.58. The number of para-hydroxylation sites is 1. The number of benzene rings is 3. The van der Waals surface area contributed by atoms with Gasteiger partial charge in [0.2, 0.25) is 0 Å². The molecule has 3 aromatic rings. The summed E-state index contributed by atoms with van der Waals surface area (Å²) in [6.45, 7) is 0. The van der Waals surface area contributed by atoms with Crippen molar-refractivity contribution < 1.29 is 23.2 Å². The van der Waals surface area contributed by atoms with Crippen molar-refractivity contribution in [3.63, 3.8) is 0 Å².